The fraction of sp³-hybridized carbons (Fsp3) is 0.615. The van der Waals surface area contributed by atoms with Gasteiger partial charge in [0.15, 0.2) is 0 Å². The number of ether oxygens (including phenoxy) is 1. The number of carbonyl (C=O) groups excluding carboxylic acids is 1. The Labute approximate surface area is 123 Å². The molecule has 5 nitrogen and oxygen atoms in total. The second-order valence-electron chi connectivity index (χ2n) is 5.67. The molecule has 0 atom stereocenters. The van der Waals surface area contributed by atoms with Crippen molar-refractivity contribution in [3.63, 3.8) is 0 Å². The first-order chi connectivity index (χ1) is 9.19. The van der Waals surface area contributed by atoms with E-state index in [1.54, 1.807) is 12.3 Å². The van der Waals surface area contributed by atoms with Gasteiger partial charge in [-0.25, -0.2) is 17.9 Å². The normalized spacial score (nSPS) is 16.2. The molecule has 0 saturated heterocycles. The summed E-state index contributed by atoms with van der Waals surface area (Å²) >= 11 is 1.09. The molecule has 1 aromatic rings. The highest BCUT2D eigenvalue weighted by atomic mass is 32.2. The molecule has 0 bridgehead atoms. The van der Waals surface area contributed by atoms with Crippen molar-refractivity contribution in [1.29, 1.82) is 0 Å². The van der Waals surface area contributed by atoms with Crippen molar-refractivity contribution in [2.24, 2.45) is 5.92 Å². The van der Waals surface area contributed by atoms with Gasteiger partial charge in [-0.1, -0.05) is 0 Å². The number of hydrogen-bond donors (Lipinski definition) is 1. The van der Waals surface area contributed by atoms with Gasteiger partial charge in [-0.3, -0.25) is 0 Å². The standard InChI is InChI=1S/C13H19NO4S2/c1-8-7-19-10(12(15)18-4)11(8)20(16,17)14-13(2,3)9-5-6-9/h7,9,14H,5-6H2,1-4H3. The van der Waals surface area contributed by atoms with Crippen molar-refractivity contribution in [2.75, 3.05) is 7.11 Å². The van der Waals surface area contributed by atoms with E-state index in [0.717, 1.165) is 24.2 Å². The van der Waals surface area contributed by atoms with Gasteiger partial charge in [0.2, 0.25) is 10.0 Å². The number of hydrogen-bond acceptors (Lipinski definition) is 5. The number of thiophene rings is 1. The third-order valence-electron chi connectivity index (χ3n) is 3.55. The Kier molecular flexibility index (Phi) is 3.96. The third-order valence-corrected chi connectivity index (χ3v) is 6.62. The van der Waals surface area contributed by atoms with Crippen LogP contribution < -0.4 is 4.72 Å². The number of carbonyl (C=O) groups is 1. The fourth-order valence-electron chi connectivity index (χ4n) is 2.29. The van der Waals surface area contributed by atoms with Crippen molar-refractivity contribution in [2.45, 2.75) is 44.0 Å². The average Bonchev–Trinajstić information content (AvgIpc) is 3.11. The minimum atomic E-state index is -3.74. The lowest BCUT2D eigenvalue weighted by Gasteiger charge is -2.26. The van der Waals surface area contributed by atoms with Crippen LogP contribution in [-0.4, -0.2) is 27.0 Å². The molecular formula is C13H19NO4S2. The Hall–Kier alpha value is -0.920. The van der Waals surface area contributed by atoms with Gasteiger partial charge in [0.1, 0.15) is 9.77 Å². The van der Waals surface area contributed by atoms with Crippen molar-refractivity contribution in [3.8, 4) is 0 Å². The highest BCUT2D eigenvalue weighted by Crippen LogP contribution is 2.40. The number of aryl methyl sites for hydroxylation is 1. The van der Waals surface area contributed by atoms with E-state index in [9.17, 15) is 13.2 Å². The summed E-state index contributed by atoms with van der Waals surface area (Å²) in [6.45, 7) is 5.44. The Morgan fingerprint density at radius 1 is 1.45 bits per heavy atom. The van der Waals surface area contributed by atoms with Crippen molar-refractivity contribution >= 4 is 27.3 Å². The minimum absolute atomic E-state index is 0.0445. The number of nitrogens with one attached hydrogen (secondary N) is 1. The largest absolute Gasteiger partial charge is 0.465 e. The van der Waals surface area contributed by atoms with Crippen LogP contribution in [0.25, 0.3) is 0 Å². The molecular weight excluding hydrogens is 298 g/mol. The predicted molar refractivity (Wildman–Crippen MR) is 77.5 cm³/mol. The van der Waals surface area contributed by atoms with E-state index in [1.165, 1.54) is 7.11 Å². The zero-order chi connectivity index (χ0) is 15.1. The highest BCUT2D eigenvalue weighted by Gasteiger charge is 2.42. The van der Waals surface area contributed by atoms with E-state index in [2.05, 4.69) is 9.46 Å². The van der Waals surface area contributed by atoms with E-state index in [4.69, 9.17) is 0 Å². The summed E-state index contributed by atoms with van der Waals surface area (Å²) in [4.78, 5) is 11.9. The molecule has 1 heterocycles. The molecule has 1 aliphatic carbocycles. The SMILES string of the molecule is COC(=O)c1scc(C)c1S(=O)(=O)NC(C)(C)C1CC1. The third kappa shape index (κ3) is 2.89. The van der Waals surface area contributed by atoms with Gasteiger partial charge >= 0.3 is 5.97 Å². The number of methoxy groups -OCH3 is 1. The van der Waals surface area contributed by atoms with Gasteiger partial charge < -0.3 is 4.74 Å². The van der Waals surface area contributed by atoms with Crippen LogP contribution in [0.2, 0.25) is 0 Å². The van der Waals surface area contributed by atoms with Crippen molar-refractivity contribution in [1.82, 2.24) is 4.72 Å². The first-order valence-electron chi connectivity index (χ1n) is 6.39. The van der Waals surface area contributed by atoms with Gasteiger partial charge in [-0.15, -0.1) is 11.3 Å². The number of sulfonamides is 1. The second-order valence-corrected chi connectivity index (χ2v) is 8.17. The Morgan fingerprint density at radius 3 is 2.55 bits per heavy atom. The van der Waals surface area contributed by atoms with Gasteiger partial charge in [0.25, 0.3) is 0 Å². The fourth-order valence-corrected chi connectivity index (χ4v) is 5.47. The van der Waals surface area contributed by atoms with E-state index < -0.39 is 21.5 Å². The summed E-state index contributed by atoms with van der Waals surface area (Å²) in [5.41, 5.74) is 0.0649. The van der Waals surface area contributed by atoms with E-state index in [-0.39, 0.29) is 9.77 Å². The van der Waals surface area contributed by atoms with Gasteiger partial charge in [-0.2, -0.15) is 0 Å². The molecule has 20 heavy (non-hydrogen) atoms. The minimum Gasteiger partial charge on any atom is -0.465 e. The molecule has 1 aliphatic rings. The van der Waals surface area contributed by atoms with Gasteiger partial charge in [0.05, 0.1) is 7.11 Å². The number of esters is 1. The molecule has 1 fully saturated rings. The average molecular weight is 317 g/mol. The molecule has 0 amide bonds. The molecule has 0 spiro atoms. The highest BCUT2D eigenvalue weighted by molar-refractivity contribution is 7.89. The first-order valence-corrected chi connectivity index (χ1v) is 8.75. The molecule has 0 aromatic carbocycles. The van der Waals surface area contributed by atoms with Crippen LogP contribution in [0.3, 0.4) is 0 Å². The summed E-state index contributed by atoms with van der Waals surface area (Å²) in [6, 6.07) is 0. The molecule has 2 rings (SSSR count). The summed E-state index contributed by atoms with van der Waals surface area (Å²) in [5.74, 6) is -0.259. The molecule has 7 heteroatoms. The molecule has 1 saturated carbocycles. The zero-order valence-electron chi connectivity index (χ0n) is 12.0. The van der Waals surface area contributed by atoms with Crippen LogP contribution in [0.15, 0.2) is 10.3 Å². The van der Waals surface area contributed by atoms with Crippen LogP contribution in [0.1, 0.15) is 41.9 Å². The second kappa shape index (κ2) is 5.13. The lowest BCUT2D eigenvalue weighted by molar-refractivity contribution is 0.0602. The maximum Gasteiger partial charge on any atom is 0.349 e. The van der Waals surface area contributed by atoms with E-state index in [1.807, 2.05) is 13.8 Å². The first kappa shape index (κ1) is 15.5. The van der Waals surface area contributed by atoms with Crippen LogP contribution in [-0.2, 0) is 14.8 Å². The molecule has 1 N–H and O–H groups in total. The monoisotopic (exact) mass is 317 g/mol. The van der Waals surface area contributed by atoms with Crippen LogP contribution in [0.4, 0.5) is 0 Å². The Morgan fingerprint density at radius 2 is 2.05 bits per heavy atom. The lowest BCUT2D eigenvalue weighted by Crippen LogP contribution is -2.45. The number of rotatable bonds is 5. The maximum absolute atomic E-state index is 12.6. The summed E-state index contributed by atoms with van der Waals surface area (Å²) in [5, 5.41) is 1.66. The molecule has 0 unspecified atom stereocenters. The van der Waals surface area contributed by atoms with E-state index in [0.29, 0.717) is 11.5 Å². The maximum atomic E-state index is 12.6. The van der Waals surface area contributed by atoms with Crippen molar-refractivity contribution in [3.05, 3.63) is 15.8 Å². The molecule has 1 aromatic heterocycles. The summed E-state index contributed by atoms with van der Waals surface area (Å²) < 4.78 is 32.6. The van der Waals surface area contributed by atoms with Gasteiger partial charge in [-0.05, 0) is 50.5 Å². The Bertz CT molecular complexity index is 627. The molecule has 112 valence electrons. The van der Waals surface area contributed by atoms with E-state index >= 15 is 0 Å². The smallest absolute Gasteiger partial charge is 0.349 e. The van der Waals surface area contributed by atoms with Gasteiger partial charge in [0, 0.05) is 5.54 Å². The predicted octanol–water partition coefficient (Wildman–Crippen LogP) is 2.31. The topological polar surface area (TPSA) is 72.5 Å². The Balaban J connectivity index is 2.39. The van der Waals surface area contributed by atoms with Crippen molar-refractivity contribution < 1.29 is 17.9 Å². The summed E-state index contributed by atoms with van der Waals surface area (Å²) in [6.07, 6.45) is 2.06. The molecule has 0 radical (unpaired) electrons. The summed E-state index contributed by atoms with van der Waals surface area (Å²) in [7, 11) is -2.49. The van der Waals surface area contributed by atoms with Crippen LogP contribution in [0, 0.1) is 12.8 Å². The zero-order valence-corrected chi connectivity index (χ0v) is 13.7. The quantitative estimate of drug-likeness (QED) is 0.846. The van der Waals surface area contributed by atoms with Crippen LogP contribution in [0.5, 0.6) is 0 Å². The van der Waals surface area contributed by atoms with Crippen LogP contribution >= 0.6 is 11.3 Å². The lowest BCUT2D eigenvalue weighted by atomic mass is 10.0. The molecule has 0 aliphatic heterocycles.